The van der Waals surface area contributed by atoms with Gasteiger partial charge in [-0.2, -0.15) is 0 Å². The summed E-state index contributed by atoms with van der Waals surface area (Å²) in [7, 11) is 0. The molecular formula is C14H20FN3O. The third kappa shape index (κ3) is 3.43. The highest BCUT2D eigenvalue weighted by atomic mass is 19.1. The Morgan fingerprint density at radius 1 is 1.58 bits per heavy atom. The average molecular weight is 265 g/mol. The summed E-state index contributed by atoms with van der Waals surface area (Å²) in [5.74, 6) is -0.108. The Hall–Kier alpha value is -1.65. The zero-order chi connectivity index (χ0) is 14.0. The van der Waals surface area contributed by atoms with E-state index < -0.39 is 5.82 Å². The fraction of sp³-hybridized carbons (Fsp3) is 0.571. The number of amides is 1. The molecule has 4 nitrogen and oxygen atoms in total. The zero-order valence-electron chi connectivity index (χ0n) is 11.4. The molecule has 2 rings (SSSR count). The Morgan fingerprint density at radius 3 is 2.84 bits per heavy atom. The second-order valence-corrected chi connectivity index (χ2v) is 5.50. The van der Waals surface area contributed by atoms with E-state index in [4.69, 9.17) is 5.73 Å². The summed E-state index contributed by atoms with van der Waals surface area (Å²) in [5.41, 5.74) is 5.86. The molecule has 1 aliphatic carbocycles. The molecule has 1 aromatic heterocycles. The minimum atomic E-state index is -0.530. The van der Waals surface area contributed by atoms with Crippen LogP contribution in [0.25, 0.3) is 0 Å². The number of halogens is 1. The van der Waals surface area contributed by atoms with Gasteiger partial charge >= 0.3 is 0 Å². The van der Waals surface area contributed by atoms with E-state index in [1.165, 1.54) is 6.07 Å². The molecule has 0 saturated heterocycles. The van der Waals surface area contributed by atoms with E-state index >= 15 is 0 Å². The van der Waals surface area contributed by atoms with Gasteiger partial charge in [0.15, 0.2) is 0 Å². The van der Waals surface area contributed by atoms with Crippen LogP contribution in [0.4, 0.5) is 10.2 Å². The smallest absolute Gasteiger partial charge is 0.257 e. The molecular weight excluding hydrogens is 245 g/mol. The fourth-order valence-corrected chi connectivity index (χ4v) is 2.01. The van der Waals surface area contributed by atoms with Gasteiger partial charge in [0.1, 0.15) is 11.6 Å². The monoisotopic (exact) mass is 265 g/mol. The molecule has 0 aliphatic heterocycles. The molecule has 1 aromatic rings. The molecule has 0 spiro atoms. The summed E-state index contributed by atoms with van der Waals surface area (Å²) in [6.45, 7) is 4.93. The molecule has 0 unspecified atom stereocenters. The highest BCUT2D eigenvalue weighted by Crippen LogP contribution is 2.29. The van der Waals surface area contributed by atoms with Crippen LogP contribution < -0.4 is 5.73 Å². The number of nitrogens with two attached hydrogens (primary N) is 1. The van der Waals surface area contributed by atoms with Gasteiger partial charge in [0.25, 0.3) is 5.91 Å². The average Bonchev–Trinajstić information content (AvgIpc) is 3.16. The Morgan fingerprint density at radius 2 is 2.26 bits per heavy atom. The molecule has 1 fully saturated rings. The lowest BCUT2D eigenvalue weighted by molar-refractivity contribution is 0.0735. The van der Waals surface area contributed by atoms with Crippen molar-refractivity contribution >= 4 is 11.7 Å². The predicted octanol–water partition coefficient (Wildman–Crippen LogP) is 2.45. The molecule has 0 radical (unpaired) electrons. The summed E-state index contributed by atoms with van der Waals surface area (Å²) in [5, 5.41) is 0. The SMILES string of the molecule is CC(C)CCN(C(=O)c1cc(F)cnc1N)C1CC1. The molecule has 0 atom stereocenters. The van der Waals surface area contributed by atoms with Crippen LogP contribution in [0.15, 0.2) is 12.3 Å². The third-order valence-electron chi connectivity index (χ3n) is 3.31. The van der Waals surface area contributed by atoms with Gasteiger partial charge < -0.3 is 10.6 Å². The Labute approximate surface area is 112 Å². The molecule has 5 heteroatoms. The Balaban J connectivity index is 2.16. The second kappa shape index (κ2) is 5.55. The molecule has 0 bridgehead atoms. The van der Waals surface area contributed by atoms with Crippen LogP contribution in [-0.4, -0.2) is 28.4 Å². The van der Waals surface area contributed by atoms with Crippen molar-refractivity contribution in [2.45, 2.75) is 39.2 Å². The molecule has 1 heterocycles. The molecule has 1 saturated carbocycles. The zero-order valence-corrected chi connectivity index (χ0v) is 11.4. The van der Waals surface area contributed by atoms with E-state index in [1.807, 2.05) is 4.90 Å². The molecule has 104 valence electrons. The second-order valence-electron chi connectivity index (χ2n) is 5.50. The molecule has 2 N–H and O–H groups in total. The first-order valence-electron chi connectivity index (χ1n) is 6.71. The lowest BCUT2D eigenvalue weighted by Crippen LogP contribution is -2.35. The van der Waals surface area contributed by atoms with Crippen LogP contribution in [0.3, 0.4) is 0 Å². The minimum absolute atomic E-state index is 0.0987. The number of carbonyl (C=O) groups is 1. The van der Waals surface area contributed by atoms with Crippen molar-refractivity contribution in [1.82, 2.24) is 9.88 Å². The van der Waals surface area contributed by atoms with Gasteiger partial charge in [0, 0.05) is 12.6 Å². The fourth-order valence-electron chi connectivity index (χ4n) is 2.01. The molecule has 19 heavy (non-hydrogen) atoms. The van der Waals surface area contributed by atoms with Gasteiger partial charge in [-0.1, -0.05) is 13.8 Å². The van der Waals surface area contributed by atoms with E-state index in [0.29, 0.717) is 12.5 Å². The van der Waals surface area contributed by atoms with Crippen LogP contribution in [0, 0.1) is 11.7 Å². The number of carbonyl (C=O) groups excluding carboxylic acids is 1. The van der Waals surface area contributed by atoms with Crippen molar-refractivity contribution in [3.05, 3.63) is 23.6 Å². The van der Waals surface area contributed by atoms with E-state index in [1.54, 1.807) is 0 Å². The van der Waals surface area contributed by atoms with Gasteiger partial charge in [-0.25, -0.2) is 9.37 Å². The van der Waals surface area contributed by atoms with Crippen LogP contribution >= 0.6 is 0 Å². The number of hydrogen-bond donors (Lipinski definition) is 1. The van der Waals surface area contributed by atoms with E-state index in [9.17, 15) is 9.18 Å². The molecule has 1 aliphatic rings. The third-order valence-corrected chi connectivity index (χ3v) is 3.31. The maximum atomic E-state index is 13.2. The highest BCUT2D eigenvalue weighted by molar-refractivity contribution is 5.98. The van der Waals surface area contributed by atoms with Gasteiger partial charge in [-0.3, -0.25) is 4.79 Å². The van der Waals surface area contributed by atoms with Crippen molar-refractivity contribution in [2.75, 3.05) is 12.3 Å². The van der Waals surface area contributed by atoms with Crippen molar-refractivity contribution in [2.24, 2.45) is 5.92 Å². The minimum Gasteiger partial charge on any atom is -0.383 e. The number of hydrogen-bond acceptors (Lipinski definition) is 3. The number of nitrogen functional groups attached to an aromatic ring is 1. The van der Waals surface area contributed by atoms with Crippen molar-refractivity contribution in [3.8, 4) is 0 Å². The first kappa shape index (κ1) is 13.8. The van der Waals surface area contributed by atoms with E-state index in [-0.39, 0.29) is 23.3 Å². The standard InChI is InChI=1S/C14H20FN3O/c1-9(2)5-6-18(11-3-4-11)14(19)12-7-10(15)8-17-13(12)16/h7-9,11H,3-6H2,1-2H3,(H2,16,17). The number of anilines is 1. The van der Waals surface area contributed by atoms with Crippen molar-refractivity contribution in [3.63, 3.8) is 0 Å². The quantitative estimate of drug-likeness (QED) is 0.889. The largest absolute Gasteiger partial charge is 0.383 e. The number of rotatable bonds is 5. The topological polar surface area (TPSA) is 59.2 Å². The summed E-state index contributed by atoms with van der Waals surface area (Å²) < 4.78 is 13.2. The van der Waals surface area contributed by atoms with E-state index in [2.05, 4.69) is 18.8 Å². The molecule has 0 aromatic carbocycles. The van der Waals surface area contributed by atoms with Crippen LogP contribution in [0.1, 0.15) is 43.5 Å². The van der Waals surface area contributed by atoms with Gasteiger partial charge in [0.05, 0.1) is 11.8 Å². The number of pyridine rings is 1. The Bertz CT molecular complexity index is 472. The van der Waals surface area contributed by atoms with Crippen molar-refractivity contribution in [1.29, 1.82) is 0 Å². The van der Waals surface area contributed by atoms with Crippen LogP contribution in [-0.2, 0) is 0 Å². The first-order chi connectivity index (χ1) is 8.99. The maximum absolute atomic E-state index is 13.2. The summed E-state index contributed by atoms with van der Waals surface area (Å²) in [6, 6.07) is 1.46. The molecule has 1 amide bonds. The first-order valence-corrected chi connectivity index (χ1v) is 6.71. The maximum Gasteiger partial charge on any atom is 0.257 e. The normalized spacial score (nSPS) is 14.7. The van der Waals surface area contributed by atoms with Crippen molar-refractivity contribution < 1.29 is 9.18 Å². The van der Waals surface area contributed by atoms with E-state index in [0.717, 1.165) is 25.5 Å². The lowest BCUT2D eigenvalue weighted by Gasteiger charge is -2.23. The lowest BCUT2D eigenvalue weighted by atomic mass is 10.1. The summed E-state index contributed by atoms with van der Waals surface area (Å²) in [6.07, 6.45) is 4.01. The van der Waals surface area contributed by atoms with Gasteiger partial charge in [-0.05, 0) is 31.2 Å². The van der Waals surface area contributed by atoms with Crippen LogP contribution in [0.5, 0.6) is 0 Å². The summed E-state index contributed by atoms with van der Waals surface area (Å²) >= 11 is 0. The van der Waals surface area contributed by atoms with Gasteiger partial charge in [-0.15, -0.1) is 0 Å². The predicted molar refractivity (Wildman–Crippen MR) is 72.1 cm³/mol. The summed E-state index contributed by atoms with van der Waals surface area (Å²) in [4.78, 5) is 18.0. The Kier molecular flexibility index (Phi) is 4.02. The number of nitrogens with zero attached hydrogens (tertiary/aromatic N) is 2. The van der Waals surface area contributed by atoms with Crippen LogP contribution in [0.2, 0.25) is 0 Å². The van der Waals surface area contributed by atoms with Gasteiger partial charge in [0.2, 0.25) is 0 Å². The number of aromatic nitrogens is 1. The highest BCUT2D eigenvalue weighted by Gasteiger charge is 2.33.